The molecule has 0 bridgehead atoms. The number of rotatable bonds is 4. The van der Waals surface area contributed by atoms with Gasteiger partial charge in [0.1, 0.15) is 16.9 Å². The predicted molar refractivity (Wildman–Crippen MR) is 163 cm³/mol. The molecule has 5 heteroatoms. The van der Waals surface area contributed by atoms with Gasteiger partial charge in [0.25, 0.3) is 0 Å². The van der Waals surface area contributed by atoms with Crippen LogP contribution in [0.2, 0.25) is 0 Å². The number of ether oxygens (including phenoxy) is 1. The summed E-state index contributed by atoms with van der Waals surface area (Å²) in [6.07, 6.45) is 1.71. The number of fused-ring (bicyclic) bond motifs is 6. The Morgan fingerprint density at radius 3 is 2.15 bits per heavy atom. The molecule has 7 aromatic rings. The van der Waals surface area contributed by atoms with E-state index in [2.05, 4.69) is 70.2 Å². The minimum atomic E-state index is -3.14. The molecular formula is C35H23N2O2P. The number of hydrogen-bond donors (Lipinski definition) is 0. The van der Waals surface area contributed by atoms with Gasteiger partial charge in [-0.15, -0.1) is 0 Å². The van der Waals surface area contributed by atoms with Crippen LogP contribution in [0.3, 0.4) is 0 Å². The summed E-state index contributed by atoms with van der Waals surface area (Å²) in [6.45, 7) is 0. The SMILES string of the molecule is O=P1(c2ccccn2)c2ccccc2-c2ccc(Oc3ccc4c5ccccc5n(-c5ccccc5)c4c3)cc21. The zero-order chi connectivity index (χ0) is 26.7. The molecule has 40 heavy (non-hydrogen) atoms. The van der Waals surface area contributed by atoms with Gasteiger partial charge in [-0.25, -0.2) is 0 Å². The highest BCUT2D eigenvalue weighted by Gasteiger charge is 2.41. The second-order valence-electron chi connectivity index (χ2n) is 9.96. The maximum absolute atomic E-state index is 14.8. The summed E-state index contributed by atoms with van der Waals surface area (Å²) in [5, 5.41) is 3.95. The molecule has 0 spiro atoms. The summed E-state index contributed by atoms with van der Waals surface area (Å²) in [6, 6.07) is 44.5. The number of hydrogen-bond acceptors (Lipinski definition) is 3. The highest BCUT2D eigenvalue weighted by atomic mass is 31.2. The van der Waals surface area contributed by atoms with Crippen LogP contribution in [-0.2, 0) is 4.57 Å². The monoisotopic (exact) mass is 534 g/mol. The quantitative estimate of drug-likeness (QED) is 0.219. The van der Waals surface area contributed by atoms with E-state index in [-0.39, 0.29) is 0 Å². The Kier molecular flexibility index (Phi) is 5.07. The molecule has 0 fully saturated rings. The van der Waals surface area contributed by atoms with Crippen LogP contribution in [0.1, 0.15) is 0 Å². The van der Waals surface area contributed by atoms with Crippen molar-refractivity contribution in [2.45, 2.75) is 0 Å². The largest absolute Gasteiger partial charge is 0.457 e. The Morgan fingerprint density at radius 2 is 1.27 bits per heavy atom. The van der Waals surface area contributed by atoms with Crippen molar-refractivity contribution in [2.24, 2.45) is 0 Å². The predicted octanol–water partition coefficient (Wildman–Crippen LogP) is 7.59. The maximum Gasteiger partial charge on any atom is 0.189 e. The Labute approximate surface area is 231 Å². The topological polar surface area (TPSA) is 44.1 Å². The minimum absolute atomic E-state index is 0.590. The summed E-state index contributed by atoms with van der Waals surface area (Å²) >= 11 is 0. The van der Waals surface area contributed by atoms with Crippen LogP contribution in [0, 0.1) is 0 Å². The van der Waals surface area contributed by atoms with Crippen molar-refractivity contribution >= 4 is 45.0 Å². The lowest BCUT2D eigenvalue weighted by atomic mass is 10.1. The van der Waals surface area contributed by atoms with Crippen molar-refractivity contribution in [3.8, 4) is 28.3 Å². The molecule has 1 unspecified atom stereocenters. The van der Waals surface area contributed by atoms with E-state index >= 15 is 0 Å². The highest BCUT2D eigenvalue weighted by Crippen LogP contribution is 2.52. The molecule has 0 amide bonds. The van der Waals surface area contributed by atoms with Crippen LogP contribution in [0.15, 0.2) is 140 Å². The zero-order valence-electron chi connectivity index (χ0n) is 21.4. The van der Waals surface area contributed by atoms with Gasteiger partial charge in [0, 0.05) is 39.3 Å². The second kappa shape index (κ2) is 8.81. The van der Waals surface area contributed by atoms with Crippen molar-refractivity contribution in [1.29, 1.82) is 0 Å². The van der Waals surface area contributed by atoms with E-state index in [1.165, 1.54) is 5.39 Å². The van der Waals surface area contributed by atoms with Crippen LogP contribution in [0.4, 0.5) is 0 Å². The molecule has 1 atom stereocenters. The third kappa shape index (κ3) is 3.33. The van der Waals surface area contributed by atoms with E-state index < -0.39 is 7.14 Å². The third-order valence-electron chi connectivity index (χ3n) is 7.71. The first-order valence-electron chi connectivity index (χ1n) is 13.2. The van der Waals surface area contributed by atoms with Gasteiger partial charge in [-0.2, -0.15) is 0 Å². The van der Waals surface area contributed by atoms with Gasteiger partial charge in [0.2, 0.25) is 0 Å². The molecule has 0 aliphatic carbocycles. The third-order valence-corrected chi connectivity index (χ3v) is 10.7. The van der Waals surface area contributed by atoms with E-state index in [0.717, 1.165) is 49.6 Å². The van der Waals surface area contributed by atoms with E-state index in [1.807, 2.05) is 72.8 Å². The van der Waals surface area contributed by atoms with Crippen LogP contribution in [0.5, 0.6) is 11.5 Å². The summed E-state index contributed by atoms with van der Waals surface area (Å²) in [5.41, 5.74) is 5.86. The molecule has 190 valence electrons. The second-order valence-corrected chi connectivity index (χ2v) is 12.6. The molecule has 1 aliphatic heterocycles. The molecule has 2 aromatic heterocycles. The van der Waals surface area contributed by atoms with Crippen LogP contribution < -0.4 is 20.8 Å². The van der Waals surface area contributed by atoms with Gasteiger partial charge in [0.15, 0.2) is 7.14 Å². The molecule has 5 aromatic carbocycles. The molecule has 0 saturated heterocycles. The summed E-state index contributed by atoms with van der Waals surface area (Å²) in [4.78, 5) is 4.53. The molecule has 8 rings (SSSR count). The van der Waals surface area contributed by atoms with Gasteiger partial charge in [-0.3, -0.25) is 4.98 Å². The molecule has 3 heterocycles. The van der Waals surface area contributed by atoms with Gasteiger partial charge in [0.05, 0.1) is 11.0 Å². The lowest BCUT2D eigenvalue weighted by Crippen LogP contribution is -2.23. The Bertz CT molecular complexity index is 2120. The fourth-order valence-electron chi connectivity index (χ4n) is 5.96. The fraction of sp³-hybridized carbons (Fsp3) is 0. The molecule has 0 N–H and O–H groups in total. The van der Waals surface area contributed by atoms with Gasteiger partial charge in [-0.05, 0) is 71.8 Å². The summed E-state index contributed by atoms with van der Waals surface area (Å²) < 4.78 is 23.6. The van der Waals surface area contributed by atoms with Crippen molar-refractivity contribution in [3.05, 3.63) is 140 Å². The van der Waals surface area contributed by atoms with Gasteiger partial charge >= 0.3 is 0 Å². The smallest absolute Gasteiger partial charge is 0.189 e. The zero-order valence-corrected chi connectivity index (χ0v) is 22.3. The first-order valence-corrected chi connectivity index (χ1v) is 15.0. The van der Waals surface area contributed by atoms with Crippen molar-refractivity contribution in [3.63, 3.8) is 0 Å². The molecule has 1 aliphatic rings. The molecule has 0 saturated carbocycles. The first kappa shape index (κ1) is 23.0. The fourth-order valence-corrected chi connectivity index (χ4v) is 8.91. The van der Waals surface area contributed by atoms with E-state index in [1.54, 1.807) is 6.20 Å². The number of aromatic nitrogens is 2. The van der Waals surface area contributed by atoms with Crippen LogP contribution in [0.25, 0.3) is 38.6 Å². The van der Waals surface area contributed by atoms with Gasteiger partial charge < -0.3 is 13.9 Å². The summed E-state index contributed by atoms with van der Waals surface area (Å²) in [5.74, 6) is 1.36. The average Bonchev–Trinajstić information content (AvgIpc) is 3.48. The number of benzene rings is 5. The van der Waals surface area contributed by atoms with E-state index in [9.17, 15) is 4.57 Å². The Hall–Kier alpha value is -4.92. The lowest BCUT2D eigenvalue weighted by Gasteiger charge is -2.15. The van der Waals surface area contributed by atoms with Crippen molar-refractivity contribution < 1.29 is 9.30 Å². The highest BCUT2D eigenvalue weighted by molar-refractivity contribution is 7.86. The standard InChI is InChI=1S/C35H23N2O2P/c38-40(35-16-8-9-21-36-35)33-15-7-5-13-29(33)30-20-18-26(23-34(30)40)39-25-17-19-28-27-12-4-6-14-31(27)37(32(28)22-25)24-10-2-1-3-11-24/h1-23H. The van der Waals surface area contributed by atoms with Crippen molar-refractivity contribution in [2.75, 3.05) is 0 Å². The Balaban J connectivity index is 1.27. The van der Waals surface area contributed by atoms with Crippen LogP contribution >= 0.6 is 7.14 Å². The normalized spacial score (nSPS) is 15.7. The van der Waals surface area contributed by atoms with Crippen LogP contribution in [-0.4, -0.2) is 9.55 Å². The number of nitrogens with zero attached hydrogens (tertiary/aromatic N) is 2. The number of para-hydroxylation sites is 2. The average molecular weight is 535 g/mol. The molecule has 0 radical (unpaired) electrons. The summed E-state index contributed by atoms with van der Waals surface area (Å²) in [7, 11) is -3.14. The first-order chi connectivity index (χ1) is 19.7. The van der Waals surface area contributed by atoms with E-state index in [4.69, 9.17) is 4.74 Å². The Morgan fingerprint density at radius 1 is 0.575 bits per heavy atom. The minimum Gasteiger partial charge on any atom is -0.457 e. The molecular weight excluding hydrogens is 511 g/mol. The molecule has 4 nitrogen and oxygen atoms in total. The van der Waals surface area contributed by atoms with Gasteiger partial charge in [-0.1, -0.05) is 66.7 Å². The number of pyridine rings is 1. The van der Waals surface area contributed by atoms with E-state index in [0.29, 0.717) is 11.2 Å². The maximum atomic E-state index is 14.8. The lowest BCUT2D eigenvalue weighted by molar-refractivity contribution is 0.484. The van der Waals surface area contributed by atoms with Crippen molar-refractivity contribution in [1.82, 2.24) is 9.55 Å².